The average molecular weight is 887 g/mol. The fourth-order valence-corrected chi connectivity index (χ4v) is 7.92. The van der Waals surface area contributed by atoms with Crippen molar-refractivity contribution in [1.82, 2.24) is 39.8 Å². The Kier molecular flexibility index (Phi) is 14.8. The van der Waals surface area contributed by atoms with Crippen LogP contribution in [0.3, 0.4) is 0 Å². The molecule has 3 aromatic heterocycles. The zero-order chi connectivity index (χ0) is 43.9. The predicted octanol–water partition coefficient (Wildman–Crippen LogP) is 1.91. The van der Waals surface area contributed by atoms with Crippen LogP contribution in [0.2, 0.25) is 0 Å². The third-order valence-electron chi connectivity index (χ3n) is 7.94. The van der Waals surface area contributed by atoms with Crippen molar-refractivity contribution >= 4 is 96.8 Å². The molecule has 2 aliphatic heterocycles. The number of fused-ring (bicyclic) bond motifs is 2. The number of ether oxygens (including phenoxy) is 2. The molecule has 21 nitrogen and oxygen atoms in total. The number of anilines is 1. The first kappa shape index (κ1) is 45.7. The van der Waals surface area contributed by atoms with Gasteiger partial charge in [0.2, 0.25) is 28.9 Å². The largest absolute Gasteiger partial charge is 0.452 e. The van der Waals surface area contributed by atoms with E-state index in [0.717, 1.165) is 11.5 Å². The van der Waals surface area contributed by atoms with Gasteiger partial charge in [-0.2, -0.15) is 9.36 Å². The summed E-state index contributed by atoms with van der Waals surface area (Å²) in [5.41, 5.74) is -0.0882. The highest BCUT2D eigenvalue weighted by molar-refractivity contribution is 8.00. The van der Waals surface area contributed by atoms with Crippen molar-refractivity contribution < 1.29 is 52.2 Å². The number of aromatic nitrogens is 5. The molecule has 1 fully saturated rings. The molecule has 3 aromatic rings. The number of thioether (sulfide) groups is 1. The van der Waals surface area contributed by atoms with Gasteiger partial charge in [-0.3, -0.25) is 29.2 Å². The second-order valence-corrected chi connectivity index (χ2v) is 18.3. The Balaban J connectivity index is 1.29. The standard InChI is InChI=1S/C35H45BN11O10PS2/c1-9-54-43-22(25-41-31(60-44-25)42-33(53)56-35(5,6)7)27(49)40-23-28(50)47-24(30(51)57-58(8)36)19(17-59-29(23)47)15-45-14-10-11-20-26(45)39-18-46(20)16-21(48)37-12-13-38-32(52)55-34(2,3)4/h10-11,14,18,23,29H,9,12-13,15-17H2,1-8H3,(H3-,37,38,40,41,42,44,48,49,52,53)/p+1/b43-22-. The van der Waals surface area contributed by atoms with Gasteiger partial charge in [0.25, 0.3) is 11.8 Å². The molecule has 2 radical (unpaired) electrons. The van der Waals surface area contributed by atoms with E-state index in [9.17, 15) is 28.8 Å². The lowest BCUT2D eigenvalue weighted by Crippen LogP contribution is -2.71. The number of hydrogen-bond donors (Lipinski definition) is 4. The Morgan fingerprint density at radius 3 is 2.45 bits per heavy atom. The molecule has 5 rings (SSSR count). The molecule has 0 aromatic carbocycles. The normalized spacial score (nSPS) is 17.2. The molecule has 0 spiro atoms. The van der Waals surface area contributed by atoms with Crippen LogP contribution in [0.15, 0.2) is 41.1 Å². The maximum atomic E-state index is 13.8. The lowest BCUT2D eigenvalue weighted by Gasteiger charge is -2.49. The van der Waals surface area contributed by atoms with Crippen LogP contribution in [0, 0.1) is 0 Å². The highest BCUT2D eigenvalue weighted by Crippen LogP contribution is 2.42. The lowest BCUT2D eigenvalue weighted by molar-refractivity contribution is -0.664. The van der Waals surface area contributed by atoms with E-state index in [0.29, 0.717) is 16.7 Å². The van der Waals surface area contributed by atoms with E-state index in [1.165, 1.54) is 23.0 Å². The Morgan fingerprint density at radius 2 is 1.77 bits per heavy atom. The van der Waals surface area contributed by atoms with Crippen molar-refractivity contribution in [3.8, 4) is 0 Å². The van der Waals surface area contributed by atoms with Crippen LogP contribution < -0.4 is 25.8 Å². The Bertz CT molecular complexity index is 2200. The summed E-state index contributed by atoms with van der Waals surface area (Å²) in [5.74, 6) is -2.43. The summed E-state index contributed by atoms with van der Waals surface area (Å²) in [5, 5.41) is 13.7. The molecular formula is C35H46BN11O10PS2+. The minimum atomic E-state index is -1.65. The van der Waals surface area contributed by atoms with E-state index in [1.807, 2.05) is 0 Å². The van der Waals surface area contributed by atoms with Gasteiger partial charge in [0, 0.05) is 44.0 Å². The molecule has 5 amide bonds. The van der Waals surface area contributed by atoms with E-state index < -0.39 is 60.6 Å². The Morgan fingerprint density at radius 1 is 1.07 bits per heavy atom. The number of alkyl carbamates (subject to hydrolysis) is 1. The van der Waals surface area contributed by atoms with Gasteiger partial charge in [-0.1, -0.05) is 5.16 Å². The predicted molar refractivity (Wildman–Crippen MR) is 222 cm³/mol. The molecular weight excluding hydrogens is 840 g/mol. The first-order valence-corrected chi connectivity index (χ1v) is 22.1. The van der Waals surface area contributed by atoms with Crippen LogP contribution in [0.1, 0.15) is 54.3 Å². The molecule has 3 atom stereocenters. The molecule has 320 valence electrons. The summed E-state index contributed by atoms with van der Waals surface area (Å²) in [6, 6.07) is 2.48. The topological polar surface area (TPSA) is 251 Å². The molecule has 25 heteroatoms. The number of imidazole rings is 1. The number of nitrogens with zero attached hydrogens (tertiary/aromatic N) is 7. The van der Waals surface area contributed by atoms with Crippen molar-refractivity contribution in [2.45, 2.75) is 84.2 Å². The van der Waals surface area contributed by atoms with Gasteiger partial charge in [-0.15, -0.1) is 11.8 Å². The third kappa shape index (κ3) is 11.9. The van der Waals surface area contributed by atoms with E-state index in [1.54, 1.807) is 82.6 Å². The second kappa shape index (κ2) is 19.4. The molecule has 1 saturated heterocycles. The second-order valence-electron chi connectivity index (χ2n) is 15.1. The molecule has 3 unspecified atom stereocenters. The van der Waals surface area contributed by atoms with Crippen molar-refractivity contribution in [2.75, 3.05) is 37.4 Å². The molecule has 60 heavy (non-hydrogen) atoms. The molecule has 0 bridgehead atoms. The van der Waals surface area contributed by atoms with Gasteiger partial charge in [0.15, 0.2) is 7.57 Å². The SMILES string of the molecule is [B]P(C)OC(=O)C1=C(C[n+]2cccc3c2ncn3CC(=O)NCCNC(=O)OC(C)(C)C)CSC2C(NC(=O)/C(=N\OCC)c3nsc(NC(=O)OC(C)(C)C)n3)C(=O)N12. The minimum Gasteiger partial charge on any atom is -0.452 e. The van der Waals surface area contributed by atoms with Crippen LogP contribution in [0.25, 0.3) is 11.2 Å². The number of hydrogen-bond acceptors (Lipinski definition) is 16. The maximum Gasteiger partial charge on any atom is 0.414 e. The summed E-state index contributed by atoms with van der Waals surface area (Å²) in [6.45, 7) is 14.1. The number of rotatable bonds is 15. The average Bonchev–Trinajstić information content (AvgIpc) is 3.77. The van der Waals surface area contributed by atoms with Gasteiger partial charge < -0.3 is 34.8 Å². The number of carbonyl (C=O) groups excluding carboxylic acids is 6. The summed E-state index contributed by atoms with van der Waals surface area (Å²) in [6.07, 6.45) is 1.92. The monoisotopic (exact) mass is 886 g/mol. The van der Waals surface area contributed by atoms with E-state index in [-0.39, 0.29) is 66.8 Å². The van der Waals surface area contributed by atoms with Crippen LogP contribution >= 0.6 is 31.3 Å². The molecule has 0 saturated carbocycles. The molecule has 5 heterocycles. The van der Waals surface area contributed by atoms with Gasteiger partial charge in [0.1, 0.15) is 53.5 Å². The van der Waals surface area contributed by atoms with Crippen molar-refractivity contribution in [1.29, 1.82) is 0 Å². The van der Waals surface area contributed by atoms with Crippen LogP contribution in [-0.4, -0.2) is 128 Å². The number of β-lactam (4-membered cyclic amide) rings is 1. The highest BCUT2D eigenvalue weighted by Gasteiger charge is 2.55. The summed E-state index contributed by atoms with van der Waals surface area (Å²) in [7, 11) is 4.24. The number of carbonyl (C=O) groups is 6. The summed E-state index contributed by atoms with van der Waals surface area (Å²) < 4.78 is 23.5. The Hall–Kier alpha value is -5.35. The fourth-order valence-electron chi connectivity index (χ4n) is 5.68. The Labute approximate surface area is 356 Å². The van der Waals surface area contributed by atoms with Gasteiger partial charge >= 0.3 is 23.8 Å². The van der Waals surface area contributed by atoms with Crippen molar-refractivity contribution in [3.05, 3.63) is 41.8 Å². The third-order valence-corrected chi connectivity index (χ3v) is 10.4. The highest BCUT2D eigenvalue weighted by atomic mass is 32.2. The number of nitrogens with one attached hydrogen (secondary N) is 4. The summed E-state index contributed by atoms with van der Waals surface area (Å²) in [4.78, 5) is 93.1. The zero-order valence-corrected chi connectivity index (χ0v) is 36.8. The molecule has 2 aliphatic rings. The van der Waals surface area contributed by atoms with E-state index in [4.69, 9.17) is 26.4 Å². The van der Waals surface area contributed by atoms with Crippen molar-refractivity contribution in [3.63, 3.8) is 0 Å². The van der Waals surface area contributed by atoms with Gasteiger partial charge in [0.05, 0.1) is 6.20 Å². The number of amides is 5. The van der Waals surface area contributed by atoms with E-state index >= 15 is 0 Å². The number of pyridine rings is 1. The van der Waals surface area contributed by atoms with Crippen LogP contribution in [-0.2, 0) is 51.1 Å². The van der Waals surface area contributed by atoms with Crippen molar-refractivity contribution in [2.24, 2.45) is 5.16 Å². The van der Waals surface area contributed by atoms with E-state index in [2.05, 4.69) is 40.8 Å². The zero-order valence-electron chi connectivity index (χ0n) is 34.3. The van der Waals surface area contributed by atoms with Gasteiger partial charge in [-0.05, 0) is 72.2 Å². The minimum absolute atomic E-state index is 0.000382. The van der Waals surface area contributed by atoms with Crippen LogP contribution in [0.5, 0.6) is 0 Å². The first-order chi connectivity index (χ1) is 28.2. The first-order valence-electron chi connectivity index (χ1n) is 18.5. The summed E-state index contributed by atoms with van der Waals surface area (Å²) >= 11 is 2.10. The van der Waals surface area contributed by atoms with Gasteiger partial charge in [-0.25, -0.2) is 19.0 Å². The molecule has 4 N–H and O–H groups in total. The quantitative estimate of drug-likeness (QED) is 0.0324. The smallest absolute Gasteiger partial charge is 0.414 e. The maximum absolute atomic E-state index is 13.8. The number of oxime groups is 1. The molecule has 0 aliphatic carbocycles. The fraction of sp³-hybridized carbons (Fsp3) is 0.514. The lowest BCUT2D eigenvalue weighted by atomic mass is 10.0. The van der Waals surface area contributed by atoms with Crippen LogP contribution in [0.4, 0.5) is 14.7 Å².